The molecule has 0 bridgehead atoms. The van der Waals surface area contributed by atoms with Crippen LogP contribution >= 0.6 is 12.4 Å². The van der Waals surface area contributed by atoms with Crippen LogP contribution in [0.2, 0.25) is 0 Å². The van der Waals surface area contributed by atoms with Crippen LogP contribution in [0.25, 0.3) is 10.9 Å². The molecule has 25 heavy (non-hydrogen) atoms. The van der Waals surface area contributed by atoms with Crippen LogP contribution in [0.3, 0.4) is 0 Å². The van der Waals surface area contributed by atoms with Gasteiger partial charge in [0.05, 0.1) is 11.1 Å². The van der Waals surface area contributed by atoms with Crippen molar-refractivity contribution < 1.29 is 23.1 Å². The summed E-state index contributed by atoms with van der Waals surface area (Å²) >= 11 is 0. The predicted octanol–water partition coefficient (Wildman–Crippen LogP) is 5.14. The van der Waals surface area contributed by atoms with E-state index in [0.717, 1.165) is 28.6 Å². The normalized spacial score (nSPS) is 11.4. The van der Waals surface area contributed by atoms with E-state index in [4.69, 9.17) is 5.11 Å². The van der Waals surface area contributed by atoms with Crippen molar-refractivity contribution in [2.75, 3.05) is 0 Å². The Kier molecular flexibility index (Phi) is 5.13. The lowest BCUT2D eigenvalue weighted by Crippen LogP contribution is -2.05. The number of alkyl halides is 3. The van der Waals surface area contributed by atoms with E-state index in [-0.39, 0.29) is 18.0 Å². The van der Waals surface area contributed by atoms with Crippen LogP contribution in [0.5, 0.6) is 0 Å². The zero-order chi connectivity index (χ0) is 17.5. The number of aryl methyl sites for hydroxylation is 1. The summed E-state index contributed by atoms with van der Waals surface area (Å²) in [6.07, 6.45) is -2.49. The monoisotopic (exact) mass is 369 g/mol. The summed E-state index contributed by atoms with van der Waals surface area (Å²) in [4.78, 5) is 11.1. The fourth-order valence-corrected chi connectivity index (χ4v) is 2.74. The van der Waals surface area contributed by atoms with E-state index in [1.807, 2.05) is 17.7 Å². The third-order valence-electron chi connectivity index (χ3n) is 3.96. The molecule has 3 nitrogen and oxygen atoms in total. The van der Waals surface area contributed by atoms with Crippen molar-refractivity contribution in [1.82, 2.24) is 4.57 Å². The molecule has 2 aromatic carbocycles. The lowest BCUT2D eigenvalue weighted by Gasteiger charge is -2.09. The highest BCUT2D eigenvalue weighted by Gasteiger charge is 2.29. The van der Waals surface area contributed by atoms with E-state index in [9.17, 15) is 18.0 Å². The summed E-state index contributed by atoms with van der Waals surface area (Å²) in [5.74, 6) is -1.02. The second kappa shape index (κ2) is 6.80. The molecule has 7 heteroatoms. The number of hydrogen-bond donors (Lipinski definition) is 1. The number of halogens is 4. The molecule has 132 valence electrons. The Labute approximate surface area is 148 Å². The minimum atomic E-state index is -4.36. The summed E-state index contributed by atoms with van der Waals surface area (Å²) in [7, 11) is 0. The van der Waals surface area contributed by atoms with Crippen LogP contribution in [0.15, 0.2) is 48.7 Å². The van der Waals surface area contributed by atoms with E-state index in [1.165, 1.54) is 12.1 Å². The quantitative estimate of drug-likeness (QED) is 0.694. The third-order valence-corrected chi connectivity index (χ3v) is 3.96. The number of benzene rings is 2. The maximum atomic E-state index is 12.6. The molecule has 0 aliphatic rings. The number of nitrogens with zero attached hydrogens (tertiary/aromatic N) is 1. The molecular weight excluding hydrogens is 355 g/mol. The Bertz CT molecular complexity index is 914. The van der Waals surface area contributed by atoms with Gasteiger partial charge in [0.1, 0.15) is 0 Å². The highest BCUT2D eigenvalue weighted by molar-refractivity contribution is 5.94. The average Bonchev–Trinajstić information content (AvgIpc) is 2.83. The van der Waals surface area contributed by atoms with Gasteiger partial charge < -0.3 is 9.67 Å². The molecule has 1 heterocycles. The summed E-state index contributed by atoms with van der Waals surface area (Å²) < 4.78 is 39.7. The Morgan fingerprint density at radius 3 is 2.32 bits per heavy atom. The molecular formula is C18H15ClF3NO2. The number of carbonyl (C=O) groups is 1. The number of rotatable bonds is 3. The number of carboxylic acids is 1. The Morgan fingerprint density at radius 1 is 1.12 bits per heavy atom. The van der Waals surface area contributed by atoms with Gasteiger partial charge in [-0.05, 0) is 42.3 Å². The average molecular weight is 370 g/mol. The van der Waals surface area contributed by atoms with Crippen molar-refractivity contribution in [3.05, 3.63) is 70.9 Å². The van der Waals surface area contributed by atoms with Crippen molar-refractivity contribution in [2.24, 2.45) is 0 Å². The standard InChI is InChI=1S/C18H14F3NO2.ClH/c1-11-9-22(16-8-13(17(23)24)4-7-15(11)16)10-12-2-5-14(6-3-12)18(19,20)21;/h2-9H,10H2,1H3,(H,23,24);1H. The molecule has 0 aliphatic heterocycles. The molecule has 0 amide bonds. The van der Waals surface area contributed by atoms with Crippen LogP contribution in [0.4, 0.5) is 13.2 Å². The topological polar surface area (TPSA) is 42.2 Å². The second-order valence-corrected chi connectivity index (χ2v) is 5.67. The summed E-state index contributed by atoms with van der Waals surface area (Å²) in [5, 5.41) is 10.0. The fourth-order valence-electron chi connectivity index (χ4n) is 2.74. The zero-order valence-corrected chi connectivity index (χ0v) is 14.0. The van der Waals surface area contributed by atoms with Gasteiger partial charge in [-0.25, -0.2) is 4.79 Å². The van der Waals surface area contributed by atoms with Gasteiger partial charge in [0.25, 0.3) is 0 Å². The predicted molar refractivity (Wildman–Crippen MR) is 91.4 cm³/mol. The SMILES string of the molecule is Cc1cn(Cc2ccc(C(F)(F)F)cc2)c2cc(C(=O)O)ccc12.Cl. The zero-order valence-electron chi connectivity index (χ0n) is 13.2. The summed E-state index contributed by atoms with van der Waals surface area (Å²) in [5.41, 5.74) is 1.92. The lowest BCUT2D eigenvalue weighted by molar-refractivity contribution is -0.137. The van der Waals surface area contributed by atoms with Gasteiger partial charge in [-0.3, -0.25) is 0 Å². The van der Waals surface area contributed by atoms with Gasteiger partial charge >= 0.3 is 12.1 Å². The molecule has 1 aromatic heterocycles. The molecule has 0 unspecified atom stereocenters. The van der Waals surface area contributed by atoms with E-state index >= 15 is 0 Å². The van der Waals surface area contributed by atoms with Crippen LogP contribution < -0.4 is 0 Å². The first-order valence-electron chi connectivity index (χ1n) is 7.24. The van der Waals surface area contributed by atoms with E-state index < -0.39 is 17.7 Å². The highest BCUT2D eigenvalue weighted by atomic mass is 35.5. The fraction of sp³-hybridized carbons (Fsp3) is 0.167. The molecule has 0 spiro atoms. The molecule has 0 atom stereocenters. The number of hydrogen-bond acceptors (Lipinski definition) is 1. The largest absolute Gasteiger partial charge is 0.478 e. The van der Waals surface area contributed by atoms with Crippen molar-refractivity contribution in [3.8, 4) is 0 Å². The molecule has 3 rings (SSSR count). The van der Waals surface area contributed by atoms with Crippen LogP contribution in [-0.4, -0.2) is 15.6 Å². The Balaban J connectivity index is 0.00000225. The van der Waals surface area contributed by atoms with Crippen LogP contribution in [0, 0.1) is 6.92 Å². The van der Waals surface area contributed by atoms with Gasteiger partial charge in [0, 0.05) is 23.6 Å². The van der Waals surface area contributed by atoms with Gasteiger partial charge in [-0.1, -0.05) is 18.2 Å². The smallest absolute Gasteiger partial charge is 0.416 e. The maximum absolute atomic E-state index is 12.6. The molecule has 0 saturated carbocycles. The summed E-state index contributed by atoms with van der Waals surface area (Å²) in [6.45, 7) is 2.28. The first-order chi connectivity index (χ1) is 11.3. The minimum absolute atomic E-state index is 0. The lowest BCUT2D eigenvalue weighted by atomic mass is 10.1. The highest BCUT2D eigenvalue weighted by Crippen LogP contribution is 2.29. The summed E-state index contributed by atoms with van der Waals surface area (Å²) in [6, 6.07) is 9.84. The molecule has 3 aromatic rings. The maximum Gasteiger partial charge on any atom is 0.416 e. The third kappa shape index (κ3) is 3.79. The second-order valence-electron chi connectivity index (χ2n) is 5.67. The van der Waals surface area contributed by atoms with Gasteiger partial charge in [0.2, 0.25) is 0 Å². The van der Waals surface area contributed by atoms with Gasteiger partial charge in [0.15, 0.2) is 0 Å². The minimum Gasteiger partial charge on any atom is -0.478 e. The Hall–Kier alpha value is -2.47. The van der Waals surface area contributed by atoms with E-state index in [1.54, 1.807) is 18.2 Å². The first kappa shape index (κ1) is 18.9. The van der Waals surface area contributed by atoms with E-state index in [0.29, 0.717) is 12.1 Å². The Morgan fingerprint density at radius 2 is 1.76 bits per heavy atom. The van der Waals surface area contributed by atoms with Crippen LogP contribution in [-0.2, 0) is 12.7 Å². The number of aromatic nitrogens is 1. The van der Waals surface area contributed by atoms with Crippen molar-refractivity contribution >= 4 is 29.3 Å². The molecule has 0 fully saturated rings. The number of carboxylic acid groups (broad SMARTS) is 1. The van der Waals surface area contributed by atoms with Crippen LogP contribution in [0.1, 0.15) is 27.0 Å². The molecule has 0 aliphatic carbocycles. The molecule has 0 saturated heterocycles. The first-order valence-corrected chi connectivity index (χ1v) is 7.24. The van der Waals surface area contributed by atoms with Gasteiger partial charge in [-0.2, -0.15) is 13.2 Å². The number of aromatic carboxylic acids is 1. The number of fused-ring (bicyclic) bond motifs is 1. The van der Waals surface area contributed by atoms with Gasteiger partial charge in [-0.15, -0.1) is 12.4 Å². The van der Waals surface area contributed by atoms with Crippen molar-refractivity contribution in [2.45, 2.75) is 19.6 Å². The van der Waals surface area contributed by atoms with Crippen molar-refractivity contribution in [3.63, 3.8) is 0 Å². The molecule has 0 radical (unpaired) electrons. The van der Waals surface area contributed by atoms with Crippen molar-refractivity contribution in [1.29, 1.82) is 0 Å². The molecule has 1 N–H and O–H groups in total. The van der Waals surface area contributed by atoms with E-state index in [2.05, 4.69) is 0 Å².